The Morgan fingerprint density at radius 1 is 1.32 bits per heavy atom. The molecule has 1 rings (SSSR count). The summed E-state index contributed by atoms with van der Waals surface area (Å²) in [6.45, 7) is 5.86. The fourth-order valence-electron chi connectivity index (χ4n) is 1.85. The van der Waals surface area contributed by atoms with Gasteiger partial charge in [-0.3, -0.25) is 4.90 Å². The molecule has 1 aromatic carbocycles. The number of rotatable bonds is 8. The van der Waals surface area contributed by atoms with Crippen LogP contribution in [0.3, 0.4) is 0 Å². The van der Waals surface area contributed by atoms with Crippen LogP contribution < -0.4 is 4.74 Å². The lowest BCUT2D eigenvalue weighted by atomic mass is 10.1. The molecule has 104 valence electrons. The summed E-state index contributed by atoms with van der Waals surface area (Å²) in [6, 6.07) is 8.84. The summed E-state index contributed by atoms with van der Waals surface area (Å²) in [5, 5.41) is 0. The summed E-state index contributed by atoms with van der Waals surface area (Å²) in [6.07, 6.45) is 8.61. The van der Waals surface area contributed by atoms with E-state index in [-0.39, 0.29) is 0 Å². The Hall–Kier alpha value is -1.46. The van der Waals surface area contributed by atoms with Crippen LogP contribution in [0.4, 0.5) is 0 Å². The summed E-state index contributed by atoms with van der Waals surface area (Å²) in [5.74, 6) is 3.64. The highest BCUT2D eigenvalue weighted by molar-refractivity contribution is 5.27. The zero-order chi connectivity index (χ0) is 14.1. The summed E-state index contributed by atoms with van der Waals surface area (Å²) in [4.78, 5) is 2.19. The maximum atomic E-state index is 5.66. The van der Waals surface area contributed by atoms with Crippen molar-refractivity contribution in [1.82, 2.24) is 4.90 Å². The Labute approximate surface area is 117 Å². The third-order valence-corrected chi connectivity index (χ3v) is 3.31. The highest BCUT2D eigenvalue weighted by Crippen LogP contribution is 2.15. The molecule has 0 bridgehead atoms. The topological polar surface area (TPSA) is 12.5 Å². The van der Waals surface area contributed by atoms with Crippen molar-refractivity contribution in [3.05, 3.63) is 29.8 Å². The molecule has 0 unspecified atom stereocenters. The van der Waals surface area contributed by atoms with E-state index in [1.54, 1.807) is 0 Å². The van der Waals surface area contributed by atoms with Crippen LogP contribution in [-0.2, 0) is 6.42 Å². The van der Waals surface area contributed by atoms with Gasteiger partial charge in [-0.25, -0.2) is 0 Å². The lowest BCUT2D eigenvalue weighted by molar-refractivity contribution is 0.286. The SMILES string of the molecule is C#CCN(C)[C@H](C)Cc1ccc(OCCCC)cc1. The van der Waals surface area contributed by atoms with Gasteiger partial charge >= 0.3 is 0 Å². The van der Waals surface area contributed by atoms with Gasteiger partial charge in [-0.05, 0) is 44.5 Å². The molecule has 0 radical (unpaired) electrons. The maximum Gasteiger partial charge on any atom is 0.119 e. The quantitative estimate of drug-likeness (QED) is 0.524. The summed E-state index contributed by atoms with van der Waals surface area (Å²) in [7, 11) is 2.06. The molecule has 2 heteroatoms. The first kappa shape index (κ1) is 15.6. The molecule has 0 spiro atoms. The molecule has 1 atom stereocenters. The van der Waals surface area contributed by atoms with Crippen molar-refractivity contribution in [2.24, 2.45) is 0 Å². The molecule has 0 aliphatic rings. The fourth-order valence-corrected chi connectivity index (χ4v) is 1.85. The van der Waals surface area contributed by atoms with Gasteiger partial charge in [0.15, 0.2) is 0 Å². The average Bonchev–Trinajstić information content (AvgIpc) is 2.41. The lowest BCUT2D eigenvalue weighted by Crippen LogP contribution is -2.31. The van der Waals surface area contributed by atoms with Crippen molar-refractivity contribution in [3.63, 3.8) is 0 Å². The van der Waals surface area contributed by atoms with Crippen molar-refractivity contribution in [3.8, 4) is 18.1 Å². The molecular formula is C17H25NO. The zero-order valence-electron chi connectivity index (χ0n) is 12.4. The Morgan fingerprint density at radius 3 is 2.58 bits per heavy atom. The van der Waals surface area contributed by atoms with Crippen LogP contribution in [0.25, 0.3) is 0 Å². The monoisotopic (exact) mass is 259 g/mol. The van der Waals surface area contributed by atoms with Crippen molar-refractivity contribution < 1.29 is 4.74 Å². The molecule has 2 nitrogen and oxygen atoms in total. The number of hydrogen-bond acceptors (Lipinski definition) is 2. The second-order valence-electron chi connectivity index (χ2n) is 5.02. The van der Waals surface area contributed by atoms with E-state index in [2.05, 4.69) is 56.0 Å². The van der Waals surface area contributed by atoms with Gasteiger partial charge in [0.25, 0.3) is 0 Å². The van der Waals surface area contributed by atoms with Crippen LogP contribution in [0.2, 0.25) is 0 Å². The molecule has 19 heavy (non-hydrogen) atoms. The van der Waals surface area contributed by atoms with E-state index in [1.807, 2.05) is 0 Å². The van der Waals surface area contributed by atoms with E-state index in [0.29, 0.717) is 12.6 Å². The number of likely N-dealkylation sites (N-methyl/N-ethyl adjacent to an activating group) is 1. The summed E-state index contributed by atoms with van der Waals surface area (Å²) >= 11 is 0. The van der Waals surface area contributed by atoms with Crippen molar-refractivity contribution in [2.45, 2.75) is 39.2 Å². The minimum atomic E-state index is 0.447. The van der Waals surface area contributed by atoms with E-state index in [4.69, 9.17) is 11.2 Å². The Bertz CT molecular complexity index is 391. The molecule has 0 amide bonds. The number of ether oxygens (including phenoxy) is 1. The predicted molar refractivity (Wildman–Crippen MR) is 81.5 cm³/mol. The molecule has 0 aliphatic heterocycles. The predicted octanol–water partition coefficient (Wildman–Crippen LogP) is 3.36. The number of hydrogen-bond donors (Lipinski definition) is 0. The van der Waals surface area contributed by atoms with Gasteiger partial charge in [0, 0.05) is 6.04 Å². The maximum absolute atomic E-state index is 5.66. The number of terminal acetylenes is 1. The van der Waals surface area contributed by atoms with E-state index in [1.165, 1.54) is 5.56 Å². The van der Waals surface area contributed by atoms with Crippen molar-refractivity contribution in [2.75, 3.05) is 20.2 Å². The van der Waals surface area contributed by atoms with Gasteiger partial charge in [-0.15, -0.1) is 6.42 Å². The van der Waals surface area contributed by atoms with Crippen LogP contribution in [0.1, 0.15) is 32.3 Å². The third kappa shape index (κ3) is 5.81. The van der Waals surface area contributed by atoms with Crippen LogP contribution in [0, 0.1) is 12.3 Å². The third-order valence-electron chi connectivity index (χ3n) is 3.31. The standard InChI is InChI=1S/C17H25NO/c1-5-7-13-19-17-10-8-16(9-11-17)14-15(3)18(4)12-6-2/h2,8-11,15H,5,7,12-14H2,1,3-4H3/t15-/m1/s1. The second kappa shape index (κ2) is 8.61. The smallest absolute Gasteiger partial charge is 0.119 e. The van der Waals surface area contributed by atoms with Crippen LogP contribution in [0.5, 0.6) is 5.75 Å². The molecule has 0 N–H and O–H groups in total. The van der Waals surface area contributed by atoms with Crippen LogP contribution >= 0.6 is 0 Å². The van der Waals surface area contributed by atoms with Crippen LogP contribution in [0.15, 0.2) is 24.3 Å². The van der Waals surface area contributed by atoms with Crippen LogP contribution in [-0.4, -0.2) is 31.1 Å². The molecule has 0 saturated heterocycles. The average molecular weight is 259 g/mol. The number of unbranched alkanes of at least 4 members (excludes halogenated alkanes) is 1. The summed E-state index contributed by atoms with van der Waals surface area (Å²) in [5.41, 5.74) is 1.32. The lowest BCUT2D eigenvalue weighted by Gasteiger charge is -2.22. The zero-order valence-corrected chi connectivity index (χ0v) is 12.4. The molecule has 0 aromatic heterocycles. The minimum absolute atomic E-state index is 0.447. The highest BCUT2D eigenvalue weighted by atomic mass is 16.5. The normalized spacial score (nSPS) is 12.2. The largest absolute Gasteiger partial charge is 0.494 e. The molecule has 0 heterocycles. The minimum Gasteiger partial charge on any atom is -0.494 e. The molecular weight excluding hydrogens is 234 g/mol. The molecule has 0 aliphatic carbocycles. The van der Waals surface area contributed by atoms with Crippen molar-refractivity contribution in [1.29, 1.82) is 0 Å². The summed E-state index contributed by atoms with van der Waals surface area (Å²) < 4.78 is 5.66. The van der Waals surface area contributed by atoms with Gasteiger partial charge in [-0.2, -0.15) is 0 Å². The van der Waals surface area contributed by atoms with E-state index in [9.17, 15) is 0 Å². The Morgan fingerprint density at radius 2 is 2.00 bits per heavy atom. The Balaban J connectivity index is 2.45. The van der Waals surface area contributed by atoms with Gasteiger partial charge in [0.2, 0.25) is 0 Å². The highest BCUT2D eigenvalue weighted by Gasteiger charge is 2.08. The molecule has 0 saturated carbocycles. The first-order valence-corrected chi connectivity index (χ1v) is 7.02. The van der Waals surface area contributed by atoms with E-state index in [0.717, 1.165) is 31.6 Å². The molecule has 1 aromatic rings. The first-order valence-electron chi connectivity index (χ1n) is 7.02. The van der Waals surface area contributed by atoms with Crippen molar-refractivity contribution >= 4 is 0 Å². The second-order valence-corrected chi connectivity index (χ2v) is 5.02. The van der Waals surface area contributed by atoms with Gasteiger partial charge in [-0.1, -0.05) is 31.4 Å². The van der Waals surface area contributed by atoms with E-state index >= 15 is 0 Å². The number of benzene rings is 1. The van der Waals surface area contributed by atoms with Gasteiger partial charge < -0.3 is 4.74 Å². The number of nitrogens with zero attached hydrogens (tertiary/aromatic N) is 1. The molecule has 0 fully saturated rings. The first-order chi connectivity index (χ1) is 9.17. The Kier molecular flexibility index (Phi) is 7.07. The van der Waals surface area contributed by atoms with Gasteiger partial charge in [0.05, 0.1) is 13.2 Å². The van der Waals surface area contributed by atoms with Gasteiger partial charge in [0.1, 0.15) is 5.75 Å². The fraction of sp³-hybridized carbons (Fsp3) is 0.529. The van der Waals surface area contributed by atoms with E-state index < -0.39 is 0 Å².